The third-order valence-corrected chi connectivity index (χ3v) is 4.50. The Morgan fingerprint density at radius 3 is 2.61 bits per heavy atom. The summed E-state index contributed by atoms with van der Waals surface area (Å²) >= 11 is 0. The SMILES string of the molecule is C=C(F)C(=C)N1CC=C(/C(=C/C=C\C)CNc2ccc(C(C)(F)F)nc2)CC1. The fourth-order valence-electron chi connectivity index (χ4n) is 2.82. The van der Waals surface area contributed by atoms with E-state index in [0.717, 1.165) is 24.5 Å². The Kier molecular flexibility index (Phi) is 7.26. The highest BCUT2D eigenvalue weighted by molar-refractivity contribution is 5.46. The molecular weight excluding hydrogens is 363 g/mol. The first-order valence-electron chi connectivity index (χ1n) is 9.10. The van der Waals surface area contributed by atoms with Gasteiger partial charge in [-0.1, -0.05) is 37.5 Å². The quantitative estimate of drug-likeness (QED) is 0.575. The van der Waals surface area contributed by atoms with E-state index >= 15 is 0 Å². The predicted molar refractivity (Wildman–Crippen MR) is 109 cm³/mol. The van der Waals surface area contributed by atoms with E-state index in [0.29, 0.717) is 31.0 Å². The minimum absolute atomic E-state index is 0.257. The molecule has 0 bridgehead atoms. The number of anilines is 1. The first-order chi connectivity index (χ1) is 13.2. The highest BCUT2D eigenvalue weighted by atomic mass is 19.3. The van der Waals surface area contributed by atoms with Gasteiger partial charge in [0.2, 0.25) is 0 Å². The van der Waals surface area contributed by atoms with Crippen molar-refractivity contribution in [3.63, 3.8) is 0 Å². The second kappa shape index (κ2) is 9.44. The average molecular weight is 389 g/mol. The Balaban J connectivity index is 2.07. The molecule has 2 heterocycles. The molecule has 1 aromatic rings. The second-order valence-electron chi connectivity index (χ2n) is 6.67. The number of rotatable bonds is 8. The Labute approximate surface area is 164 Å². The molecule has 0 radical (unpaired) electrons. The Morgan fingerprint density at radius 1 is 1.36 bits per heavy atom. The van der Waals surface area contributed by atoms with Crippen molar-refractivity contribution in [2.24, 2.45) is 0 Å². The maximum absolute atomic E-state index is 13.3. The summed E-state index contributed by atoms with van der Waals surface area (Å²) in [7, 11) is 0. The maximum Gasteiger partial charge on any atom is 0.286 e. The van der Waals surface area contributed by atoms with Crippen LogP contribution >= 0.6 is 0 Å². The number of allylic oxidation sites excluding steroid dienone is 4. The molecule has 1 aromatic heterocycles. The number of nitrogens with zero attached hydrogens (tertiary/aromatic N) is 2. The van der Waals surface area contributed by atoms with E-state index in [1.165, 1.54) is 12.3 Å². The van der Waals surface area contributed by atoms with Crippen LogP contribution in [-0.4, -0.2) is 29.5 Å². The van der Waals surface area contributed by atoms with E-state index in [4.69, 9.17) is 0 Å². The van der Waals surface area contributed by atoms with E-state index in [1.54, 1.807) is 6.07 Å². The third-order valence-electron chi connectivity index (χ3n) is 4.50. The summed E-state index contributed by atoms with van der Waals surface area (Å²) in [6, 6.07) is 2.92. The molecule has 0 unspecified atom stereocenters. The predicted octanol–water partition coefficient (Wildman–Crippen LogP) is 5.74. The zero-order valence-electron chi connectivity index (χ0n) is 16.3. The monoisotopic (exact) mass is 389 g/mol. The molecule has 0 aromatic carbocycles. The summed E-state index contributed by atoms with van der Waals surface area (Å²) in [5.41, 5.74) is 2.95. The summed E-state index contributed by atoms with van der Waals surface area (Å²) in [4.78, 5) is 5.68. The van der Waals surface area contributed by atoms with Gasteiger partial charge in [0.15, 0.2) is 0 Å². The molecule has 0 saturated heterocycles. The van der Waals surface area contributed by atoms with Gasteiger partial charge in [0, 0.05) is 26.6 Å². The van der Waals surface area contributed by atoms with Crippen molar-refractivity contribution in [1.29, 1.82) is 0 Å². The third kappa shape index (κ3) is 5.87. The molecule has 6 heteroatoms. The number of hydrogen-bond donors (Lipinski definition) is 1. The molecule has 1 aliphatic rings. The van der Waals surface area contributed by atoms with Crippen molar-refractivity contribution < 1.29 is 13.2 Å². The molecule has 3 nitrogen and oxygen atoms in total. The van der Waals surface area contributed by atoms with Crippen LogP contribution in [0.25, 0.3) is 0 Å². The van der Waals surface area contributed by atoms with Crippen molar-refractivity contribution in [2.45, 2.75) is 26.2 Å². The Morgan fingerprint density at radius 2 is 2.11 bits per heavy atom. The molecule has 1 N–H and O–H groups in total. The number of halogens is 3. The van der Waals surface area contributed by atoms with Gasteiger partial charge >= 0.3 is 0 Å². The summed E-state index contributed by atoms with van der Waals surface area (Å²) in [5, 5.41) is 3.23. The summed E-state index contributed by atoms with van der Waals surface area (Å²) in [5.74, 6) is -3.47. The molecule has 0 atom stereocenters. The van der Waals surface area contributed by atoms with Crippen LogP contribution < -0.4 is 5.32 Å². The van der Waals surface area contributed by atoms with Crippen molar-refractivity contribution in [1.82, 2.24) is 9.88 Å². The maximum atomic E-state index is 13.3. The van der Waals surface area contributed by atoms with Crippen molar-refractivity contribution in [3.8, 4) is 0 Å². The molecule has 28 heavy (non-hydrogen) atoms. The Bertz CT molecular complexity index is 799. The molecule has 0 fully saturated rings. The van der Waals surface area contributed by atoms with Crippen LogP contribution in [0.5, 0.6) is 0 Å². The molecule has 0 amide bonds. The van der Waals surface area contributed by atoms with Crippen LogP contribution in [0.3, 0.4) is 0 Å². The van der Waals surface area contributed by atoms with Crippen LogP contribution in [0.2, 0.25) is 0 Å². The number of hydrogen-bond acceptors (Lipinski definition) is 3. The van der Waals surface area contributed by atoms with Crippen molar-refractivity contribution in [3.05, 3.63) is 84.2 Å². The van der Waals surface area contributed by atoms with Gasteiger partial charge in [-0.25, -0.2) is 4.39 Å². The van der Waals surface area contributed by atoms with E-state index in [-0.39, 0.29) is 5.69 Å². The fourth-order valence-corrected chi connectivity index (χ4v) is 2.82. The summed E-state index contributed by atoms with van der Waals surface area (Å²) in [6.07, 6.45) is 10.1. The topological polar surface area (TPSA) is 28.2 Å². The van der Waals surface area contributed by atoms with Crippen LogP contribution in [0.15, 0.2) is 78.5 Å². The van der Waals surface area contributed by atoms with Crippen molar-refractivity contribution in [2.75, 3.05) is 25.0 Å². The number of aromatic nitrogens is 1. The first-order valence-corrected chi connectivity index (χ1v) is 9.10. The normalized spacial score (nSPS) is 15.5. The van der Waals surface area contributed by atoms with Crippen LogP contribution in [-0.2, 0) is 5.92 Å². The molecule has 1 aliphatic heterocycles. The van der Waals surface area contributed by atoms with E-state index in [9.17, 15) is 13.2 Å². The fraction of sp³-hybridized carbons (Fsp3) is 0.318. The highest BCUT2D eigenvalue weighted by Gasteiger charge is 2.25. The molecular formula is C22H26F3N3. The zero-order chi connectivity index (χ0) is 20.7. The molecule has 0 saturated carbocycles. The van der Waals surface area contributed by atoms with E-state index in [1.807, 2.05) is 36.1 Å². The molecule has 150 valence electrons. The van der Waals surface area contributed by atoms with Crippen molar-refractivity contribution >= 4 is 5.69 Å². The van der Waals surface area contributed by atoms with Gasteiger partial charge in [0.1, 0.15) is 11.5 Å². The largest absolute Gasteiger partial charge is 0.380 e. The molecule has 0 aliphatic carbocycles. The standard InChI is InChI=1S/C22H26F3N3/c1-5-6-7-19(18-10-12-28(13-11-18)17(3)16(2)23)14-26-20-8-9-21(27-15-20)22(4,24)25/h5-10,15,26H,2-3,11-14H2,1,4H3/b6-5-,19-7+. The van der Waals surface area contributed by atoms with E-state index in [2.05, 4.69) is 23.5 Å². The highest BCUT2D eigenvalue weighted by Crippen LogP contribution is 2.26. The van der Waals surface area contributed by atoms with Gasteiger partial charge in [-0.15, -0.1) is 0 Å². The van der Waals surface area contributed by atoms with Gasteiger partial charge in [-0.3, -0.25) is 4.98 Å². The zero-order valence-corrected chi connectivity index (χ0v) is 16.3. The summed E-state index contributed by atoms with van der Waals surface area (Å²) < 4.78 is 39.8. The van der Waals surface area contributed by atoms with Gasteiger partial charge < -0.3 is 10.2 Å². The molecule has 0 spiro atoms. The first kappa shape index (κ1) is 21.5. The number of pyridine rings is 1. The van der Waals surface area contributed by atoms with Gasteiger partial charge in [-0.05, 0) is 36.6 Å². The lowest BCUT2D eigenvalue weighted by Crippen LogP contribution is -2.28. The van der Waals surface area contributed by atoms with Gasteiger partial charge in [0.05, 0.1) is 17.6 Å². The van der Waals surface area contributed by atoms with E-state index < -0.39 is 11.7 Å². The lowest BCUT2D eigenvalue weighted by atomic mass is 9.98. The lowest BCUT2D eigenvalue weighted by molar-refractivity contribution is 0.0128. The molecule has 2 rings (SSSR count). The number of nitrogens with one attached hydrogen (secondary N) is 1. The Hall–Kier alpha value is -2.76. The smallest absolute Gasteiger partial charge is 0.286 e. The lowest BCUT2D eigenvalue weighted by Gasteiger charge is -2.30. The minimum Gasteiger partial charge on any atom is -0.380 e. The van der Waals surface area contributed by atoms with Crippen LogP contribution in [0.1, 0.15) is 26.0 Å². The minimum atomic E-state index is -2.96. The van der Waals surface area contributed by atoms with Gasteiger partial charge in [0.25, 0.3) is 5.92 Å². The van der Waals surface area contributed by atoms with Gasteiger partial charge in [-0.2, -0.15) is 8.78 Å². The van der Waals surface area contributed by atoms with Crippen LogP contribution in [0, 0.1) is 0 Å². The van der Waals surface area contributed by atoms with Crippen LogP contribution in [0.4, 0.5) is 18.9 Å². The second-order valence-corrected chi connectivity index (χ2v) is 6.67. The number of alkyl halides is 2. The average Bonchev–Trinajstić information content (AvgIpc) is 2.67. The summed E-state index contributed by atoms with van der Waals surface area (Å²) in [6.45, 7) is 11.5.